The molecule has 1 saturated heterocycles. The van der Waals surface area contributed by atoms with Gasteiger partial charge in [0.25, 0.3) is 0 Å². The van der Waals surface area contributed by atoms with Crippen LogP contribution in [0.4, 0.5) is 0 Å². The van der Waals surface area contributed by atoms with Crippen molar-refractivity contribution in [3.8, 4) is 0 Å². The van der Waals surface area contributed by atoms with E-state index < -0.39 is 38.3 Å². The Kier molecular flexibility index (Phi) is 7.02. The average Bonchev–Trinajstić information content (AvgIpc) is 3.20. The first-order chi connectivity index (χ1) is 13.2. The zero-order chi connectivity index (χ0) is 22.2. The van der Waals surface area contributed by atoms with Crippen LogP contribution in [0.3, 0.4) is 0 Å². The number of hydrogen-bond acceptors (Lipinski definition) is 6. The number of aliphatic hydroxyl groups excluding tert-OH is 1. The molecular weight excluding hydrogens is 388 g/mol. The van der Waals surface area contributed by atoms with E-state index in [-0.39, 0.29) is 10.8 Å². The predicted molar refractivity (Wildman–Crippen MR) is 114 cm³/mol. The topological polar surface area (TPSA) is 78.1 Å². The van der Waals surface area contributed by atoms with Crippen LogP contribution < -0.4 is 0 Å². The number of furan rings is 1. The summed E-state index contributed by atoms with van der Waals surface area (Å²) >= 11 is 0. The summed E-state index contributed by atoms with van der Waals surface area (Å²) in [6.07, 6.45) is -0.873. The second-order valence-electron chi connectivity index (χ2n) is 9.75. The number of Topliss-reactive ketones (excluding diaryl/α,β-unsaturated/α-hetero) is 1. The summed E-state index contributed by atoms with van der Waals surface area (Å²) in [7, 11) is -1.91. The summed E-state index contributed by atoms with van der Waals surface area (Å²) in [5, 5.41) is 10.8. The molecule has 7 heteroatoms. The molecule has 0 bridgehead atoms. The van der Waals surface area contributed by atoms with Crippen molar-refractivity contribution in [3.05, 3.63) is 36.3 Å². The van der Waals surface area contributed by atoms with Crippen LogP contribution in [0.2, 0.25) is 18.1 Å². The van der Waals surface area contributed by atoms with E-state index in [1.54, 1.807) is 39.0 Å². The molecule has 0 saturated carbocycles. The fourth-order valence-corrected chi connectivity index (χ4v) is 3.88. The molecule has 0 aliphatic carbocycles. The molecule has 1 aromatic rings. The van der Waals surface area contributed by atoms with Gasteiger partial charge in [0.2, 0.25) is 0 Å². The quantitative estimate of drug-likeness (QED) is 0.479. The third-order valence-electron chi connectivity index (χ3n) is 5.92. The Balaban J connectivity index is 2.04. The number of carbonyl (C=O) groups is 1. The summed E-state index contributed by atoms with van der Waals surface area (Å²) in [6.45, 7) is 20.1. The fraction of sp³-hybridized carbons (Fsp3) is 0.682. The maximum Gasteiger partial charge on any atom is 0.192 e. The van der Waals surface area contributed by atoms with E-state index in [2.05, 4.69) is 40.4 Å². The Bertz CT molecular complexity index is 730. The van der Waals surface area contributed by atoms with Gasteiger partial charge in [-0.15, -0.1) is 6.58 Å². The van der Waals surface area contributed by atoms with Crippen molar-refractivity contribution in [3.63, 3.8) is 0 Å². The Morgan fingerprint density at radius 3 is 2.52 bits per heavy atom. The molecular formula is C22H36O6Si. The second-order valence-corrected chi connectivity index (χ2v) is 14.6. The van der Waals surface area contributed by atoms with Gasteiger partial charge in [0.05, 0.1) is 12.5 Å². The molecule has 1 aliphatic rings. The van der Waals surface area contributed by atoms with Gasteiger partial charge in [0, 0.05) is 0 Å². The van der Waals surface area contributed by atoms with Gasteiger partial charge in [0.1, 0.15) is 29.8 Å². The van der Waals surface area contributed by atoms with E-state index in [1.807, 2.05) is 0 Å². The van der Waals surface area contributed by atoms with E-state index in [9.17, 15) is 9.90 Å². The summed E-state index contributed by atoms with van der Waals surface area (Å²) in [4.78, 5) is 12.9. The Morgan fingerprint density at radius 1 is 1.34 bits per heavy atom. The molecule has 2 heterocycles. The minimum atomic E-state index is -1.91. The molecule has 0 spiro atoms. The van der Waals surface area contributed by atoms with Crippen molar-refractivity contribution in [1.29, 1.82) is 0 Å². The minimum absolute atomic E-state index is 0.0989. The highest BCUT2D eigenvalue weighted by Crippen LogP contribution is 2.37. The Morgan fingerprint density at radius 2 is 1.97 bits per heavy atom. The van der Waals surface area contributed by atoms with Crippen molar-refractivity contribution >= 4 is 14.1 Å². The first kappa shape index (κ1) is 24.0. The SMILES string of the molecule is C=C[C@H]1OC(C)(C)O[C@H]1C(=O)[C@@H](C)[C@H](O)c1ccc(CO[Si](C)(C)C(C)(C)C)o1. The molecule has 6 nitrogen and oxygen atoms in total. The standard InChI is InChI=1S/C22H36O6Si/c1-10-16-20(28-22(6,7)27-16)19(24)14(2)18(23)17-12-11-15(26-17)13-25-29(8,9)21(3,4)5/h10-12,14,16,18,20,23H,1,13H2,2-9H3/t14-,16+,18-,20+/m0/s1. The molecule has 29 heavy (non-hydrogen) atoms. The summed E-state index contributed by atoms with van der Waals surface area (Å²) in [6, 6.07) is 3.48. The fourth-order valence-electron chi connectivity index (χ4n) is 2.94. The maximum atomic E-state index is 12.9. The van der Waals surface area contributed by atoms with Crippen molar-refractivity contribution in [2.45, 2.75) is 90.4 Å². The Hall–Kier alpha value is -1.25. The van der Waals surface area contributed by atoms with Gasteiger partial charge in [-0.05, 0) is 44.1 Å². The van der Waals surface area contributed by atoms with Crippen molar-refractivity contribution in [2.24, 2.45) is 5.92 Å². The molecule has 4 atom stereocenters. The van der Waals surface area contributed by atoms with E-state index >= 15 is 0 Å². The molecule has 1 N–H and O–H groups in total. The molecule has 1 fully saturated rings. The first-order valence-corrected chi connectivity index (χ1v) is 13.0. The van der Waals surface area contributed by atoms with Crippen LogP contribution in [0.5, 0.6) is 0 Å². The van der Waals surface area contributed by atoms with Gasteiger partial charge < -0.3 is 23.4 Å². The third kappa shape index (κ3) is 5.47. The number of rotatable bonds is 8. The normalized spacial score (nSPS) is 24.3. The van der Waals surface area contributed by atoms with Crippen LogP contribution in [-0.2, 0) is 25.3 Å². The molecule has 164 valence electrons. The molecule has 0 amide bonds. The smallest absolute Gasteiger partial charge is 0.192 e. The molecule has 0 unspecified atom stereocenters. The monoisotopic (exact) mass is 424 g/mol. The van der Waals surface area contributed by atoms with Crippen LogP contribution in [0.1, 0.15) is 59.2 Å². The first-order valence-electron chi connectivity index (χ1n) is 10.1. The third-order valence-corrected chi connectivity index (χ3v) is 10.4. The van der Waals surface area contributed by atoms with Gasteiger partial charge in [-0.3, -0.25) is 4.79 Å². The lowest BCUT2D eigenvalue weighted by atomic mass is 9.92. The average molecular weight is 425 g/mol. The predicted octanol–water partition coefficient (Wildman–Crippen LogP) is 4.75. The molecule has 0 radical (unpaired) electrons. The number of ketones is 1. The van der Waals surface area contributed by atoms with E-state index in [4.69, 9.17) is 18.3 Å². The van der Waals surface area contributed by atoms with Crippen LogP contribution in [0, 0.1) is 5.92 Å². The zero-order valence-corrected chi connectivity index (χ0v) is 19.9. The molecule has 2 rings (SSSR count). The van der Waals surface area contributed by atoms with Gasteiger partial charge in [-0.25, -0.2) is 0 Å². The van der Waals surface area contributed by atoms with Crippen LogP contribution in [0.25, 0.3) is 0 Å². The number of ether oxygens (including phenoxy) is 2. The minimum Gasteiger partial charge on any atom is -0.461 e. The van der Waals surface area contributed by atoms with E-state index in [0.29, 0.717) is 18.1 Å². The van der Waals surface area contributed by atoms with Crippen LogP contribution >= 0.6 is 0 Å². The molecule has 0 aromatic carbocycles. The van der Waals surface area contributed by atoms with Crippen molar-refractivity contribution in [2.75, 3.05) is 0 Å². The Labute approximate surface area is 175 Å². The molecule has 1 aromatic heterocycles. The lowest BCUT2D eigenvalue weighted by Gasteiger charge is -2.35. The number of aliphatic hydroxyl groups is 1. The van der Waals surface area contributed by atoms with Crippen molar-refractivity contribution in [1.82, 2.24) is 0 Å². The lowest BCUT2D eigenvalue weighted by molar-refractivity contribution is -0.157. The summed E-state index contributed by atoms with van der Waals surface area (Å²) in [5.74, 6) is -0.867. The summed E-state index contributed by atoms with van der Waals surface area (Å²) < 4.78 is 23.4. The molecule has 1 aliphatic heterocycles. The van der Waals surface area contributed by atoms with Gasteiger partial charge in [-0.1, -0.05) is 33.8 Å². The summed E-state index contributed by atoms with van der Waals surface area (Å²) in [5.41, 5.74) is 0. The van der Waals surface area contributed by atoms with Crippen molar-refractivity contribution < 1.29 is 28.2 Å². The van der Waals surface area contributed by atoms with Crippen LogP contribution in [0.15, 0.2) is 29.2 Å². The van der Waals surface area contributed by atoms with E-state index in [1.165, 1.54) is 0 Å². The van der Waals surface area contributed by atoms with Gasteiger partial charge >= 0.3 is 0 Å². The van der Waals surface area contributed by atoms with E-state index in [0.717, 1.165) is 0 Å². The highest BCUT2D eigenvalue weighted by atomic mass is 28.4. The second kappa shape index (κ2) is 8.47. The zero-order valence-electron chi connectivity index (χ0n) is 18.9. The maximum absolute atomic E-state index is 12.9. The lowest BCUT2D eigenvalue weighted by Crippen LogP contribution is -2.40. The highest BCUT2D eigenvalue weighted by Gasteiger charge is 2.46. The largest absolute Gasteiger partial charge is 0.461 e. The van der Waals surface area contributed by atoms with Crippen LogP contribution in [-0.4, -0.2) is 37.2 Å². The number of hydrogen-bond donors (Lipinski definition) is 1. The van der Waals surface area contributed by atoms with Gasteiger partial charge in [-0.2, -0.15) is 0 Å². The van der Waals surface area contributed by atoms with Gasteiger partial charge in [0.15, 0.2) is 19.9 Å². The number of carbonyl (C=O) groups excluding carboxylic acids is 1. The highest BCUT2D eigenvalue weighted by molar-refractivity contribution is 6.74.